The van der Waals surface area contributed by atoms with Gasteiger partial charge in [-0.15, -0.1) is 0 Å². The van der Waals surface area contributed by atoms with Gasteiger partial charge in [-0.3, -0.25) is 9.89 Å². The van der Waals surface area contributed by atoms with Crippen LogP contribution >= 0.6 is 15.9 Å². The van der Waals surface area contributed by atoms with E-state index in [1.807, 2.05) is 12.1 Å². The first-order valence-electron chi connectivity index (χ1n) is 6.80. The number of rotatable bonds is 4. The lowest BCUT2D eigenvalue weighted by atomic mass is 10.0. The second kappa shape index (κ2) is 6.70. The minimum Gasteiger partial charge on any atom is -0.507 e. The zero-order valence-corrected chi connectivity index (χ0v) is 13.6. The Hall–Kier alpha value is -0.910. The van der Waals surface area contributed by atoms with Crippen LogP contribution in [0.3, 0.4) is 0 Å². The molecule has 0 aliphatic carbocycles. The zero-order chi connectivity index (χ0) is 14.6. The van der Waals surface area contributed by atoms with Gasteiger partial charge in [0.25, 0.3) is 0 Å². The third-order valence-corrected chi connectivity index (χ3v) is 4.06. The van der Waals surface area contributed by atoms with Gasteiger partial charge in [0.2, 0.25) is 0 Å². The van der Waals surface area contributed by atoms with E-state index in [-0.39, 0.29) is 11.3 Å². The molecule has 0 amide bonds. The molecular formula is C15H21BrN2O2. The first-order valence-corrected chi connectivity index (χ1v) is 7.59. The van der Waals surface area contributed by atoms with Gasteiger partial charge in [0.05, 0.1) is 19.8 Å². The summed E-state index contributed by atoms with van der Waals surface area (Å²) in [4.78, 5) is 6.90. The Morgan fingerprint density at radius 1 is 1.40 bits per heavy atom. The maximum absolute atomic E-state index is 9.77. The number of hydrogen-bond donors (Lipinski definition) is 1. The SMILES string of the molecule is CC(C)(CN=Cc1cc(Br)ccc1O)N1CCOCC1. The van der Waals surface area contributed by atoms with E-state index in [9.17, 15) is 5.11 Å². The lowest BCUT2D eigenvalue weighted by Crippen LogP contribution is -2.51. The van der Waals surface area contributed by atoms with Gasteiger partial charge in [0, 0.05) is 34.9 Å². The van der Waals surface area contributed by atoms with Gasteiger partial charge in [-0.25, -0.2) is 0 Å². The van der Waals surface area contributed by atoms with E-state index < -0.39 is 0 Å². The molecular weight excluding hydrogens is 320 g/mol. The van der Waals surface area contributed by atoms with Crippen molar-refractivity contribution < 1.29 is 9.84 Å². The Balaban J connectivity index is 1.99. The van der Waals surface area contributed by atoms with E-state index in [4.69, 9.17) is 4.74 Å². The Kier molecular flexibility index (Phi) is 5.18. The summed E-state index contributed by atoms with van der Waals surface area (Å²) in [5.74, 6) is 0.251. The van der Waals surface area contributed by atoms with E-state index in [1.165, 1.54) is 0 Å². The van der Waals surface area contributed by atoms with E-state index in [0.717, 1.165) is 36.3 Å². The molecule has 1 aliphatic heterocycles. The number of halogens is 1. The van der Waals surface area contributed by atoms with Crippen LogP contribution in [0.4, 0.5) is 0 Å². The maximum atomic E-state index is 9.77. The highest BCUT2D eigenvalue weighted by Gasteiger charge is 2.27. The average Bonchev–Trinajstić information content (AvgIpc) is 2.43. The summed E-state index contributed by atoms with van der Waals surface area (Å²) in [5.41, 5.74) is 0.735. The molecule has 2 rings (SSSR count). The van der Waals surface area contributed by atoms with Crippen LogP contribution < -0.4 is 0 Å². The van der Waals surface area contributed by atoms with E-state index in [0.29, 0.717) is 6.54 Å². The van der Waals surface area contributed by atoms with Gasteiger partial charge in [-0.1, -0.05) is 15.9 Å². The molecule has 1 fully saturated rings. The first kappa shape index (κ1) is 15.5. The minimum absolute atomic E-state index is 0.00190. The summed E-state index contributed by atoms with van der Waals surface area (Å²) in [6.45, 7) is 8.56. The molecule has 4 nitrogen and oxygen atoms in total. The van der Waals surface area contributed by atoms with Gasteiger partial charge in [0.15, 0.2) is 0 Å². The normalized spacial score (nSPS) is 17.8. The molecule has 20 heavy (non-hydrogen) atoms. The van der Waals surface area contributed by atoms with Crippen molar-refractivity contribution in [3.8, 4) is 5.75 Å². The van der Waals surface area contributed by atoms with Gasteiger partial charge in [0.1, 0.15) is 5.75 Å². The summed E-state index contributed by atoms with van der Waals surface area (Å²) >= 11 is 3.40. The third kappa shape index (κ3) is 4.04. The Morgan fingerprint density at radius 3 is 2.80 bits per heavy atom. The monoisotopic (exact) mass is 340 g/mol. The van der Waals surface area contributed by atoms with E-state index in [2.05, 4.69) is 39.7 Å². The minimum atomic E-state index is 0.00190. The highest BCUT2D eigenvalue weighted by Crippen LogP contribution is 2.21. The highest BCUT2D eigenvalue weighted by atomic mass is 79.9. The van der Waals surface area contributed by atoms with Crippen LogP contribution in [0, 0.1) is 0 Å². The molecule has 0 unspecified atom stereocenters. The molecule has 1 saturated heterocycles. The number of nitrogens with zero attached hydrogens (tertiary/aromatic N) is 2. The smallest absolute Gasteiger partial charge is 0.124 e. The molecule has 1 N–H and O–H groups in total. The molecule has 0 spiro atoms. The van der Waals surface area contributed by atoms with Crippen molar-refractivity contribution in [1.29, 1.82) is 0 Å². The quantitative estimate of drug-likeness (QED) is 0.857. The summed E-state index contributed by atoms with van der Waals surface area (Å²) in [5, 5.41) is 9.77. The fourth-order valence-electron chi connectivity index (χ4n) is 2.26. The molecule has 1 heterocycles. The van der Waals surface area contributed by atoms with Crippen molar-refractivity contribution in [3.05, 3.63) is 28.2 Å². The summed E-state index contributed by atoms with van der Waals surface area (Å²) < 4.78 is 6.31. The maximum Gasteiger partial charge on any atom is 0.124 e. The highest BCUT2D eigenvalue weighted by molar-refractivity contribution is 9.10. The Bertz CT molecular complexity index is 483. The van der Waals surface area contributed by atoms with E-state index >= 15 is 0 Å². The van der Waals surface area contributed by atoms with Crippen LogP contribution in [0.15, 0.2) is 27.7 Å². The molecule has 110 valence electrons. The second-order valence-corrected chi connectivity index (χ2v) is 6.50. The van der Waals surface area contributed by atoms with Crippen LogP contribution in [0.2, 0.25) is 0 Å². The van der Waals surface area contributed by atoms with Crippen molar-refractivity contribution in [2.24, 2.45) is 4.99 Å². The fourth-order valence-corrected chi connectivity index (χ4v) is 2.64. The Morgan fingerprint density at radius 2 is 2.10 bits per heavy atom. The van der Waals surface area contributed by atoms with Gasteiger partial charge in [-0.2, -0.15) is 0 Å². The van der Waals surface area contributed by atoms with Gasteiger partial charge >= 0.3 is 0 Å². The molecule has 1 aliphatic rings. The number of hydrogen-bond acceptors (Lipinski definition) is 4. The largest absolute Gasteiger partial charge is 0.507 e. The molecule has 1 aromatic carbocycles. The van der Waals surface area contributed by atoms with Crippen LogP contribution in [0.25, 0.3) is 0 Å². The standard InChI is InChI=1S/C15H21BrN2O2/c1-15(2,18-5-7-20-8-6-18)11-17-10-12-9-13(16)3-4-14(12)19/h3-4,9-10,19H,5-8,11H2,1-2H3. The molecule has 0 bridgehead atoms. The lowest BCUT2D eigenvalue weighted by Gasteiger charge is -2.39. The molecule has 0 saturated carbocycles. The number of ether oxygens (including phenoxy) is 1. The van der Waals surface area contributed by atoms with Crippen molar-refractivity contribution in [2.75, 3.05) is 32.8 Å². The number of phenols is 1. The number of morpholine rings is 1. The first-order chi connectivity index (χ1) is 9.49. The zero-order valence-electron chi connectivity index (χ0n) is 12.0. The lowest BCUT2D eigenvalue weighted by molar-refractivity contribution is -0.00676. The molecule has 5 heteroatoms. The van der Waals surface area contributed by atoms with Crippen LogP contribution in [-0.2, 0) is 4.74 Å². The predicted molar refractivity (Wildman–Crippen MR) is 84.7 cm³/mol. The summed E-state index contributed by atoms with van der Waals surface area (Å²) in [7, 11) is 0. The molecule has 0 radical (unpaired) electrons. The van der Waals surface area contributed by atoms with Crippen molar-refractivity contribution in [3.63, 3.8) is 0 Å². The van der Waals surface area contributed by atoms with E-state index in [1.54, 1.807) is 12.3 Å². The summed E-state index contributed by atoms with van der Waals surface area (Å²) in [6.07, 6.45) is 1.74. The average molecular weight is 341 g/mol. The van der Waals surface area contributed by atoms with Crippen molar-refractivity contribution in [2.45, 2.75) is 19.4 Å². The molecule has 1 aromatic rings. The van der Waals surface area contributed by atoms with Crippen LogP contribution in [0.1, 0.15) is 19.4 Å². The second-order valence-electron chi connectivity index (χ2n) is 5.58. The fraction of sp³-hybridized carbons (Fsp3) is 0.533. The van der Waals surface area contributed by atoms with Gasteiger partial charge in [-0.05, 0) is 32.0 Å². The topological polar surface area (TPSA) is 45.1 Å². The van der Waals surface area contributed by atoms with Gasteiger partial charge < -0.3 is 9.84 Å². The van der Waals surface area contributed by atoms with Crippen LogP contribution in [0.5, 0.6) is 5.75 Å². The Labute approximate surface area is 128 Å². The van der Waals surface area contributed by atoms with Crippen molar-refractivity contribution in [1.82, 2.24) is 4.90 Å². The van der Waals surface area contributed by atoms with Crippen molar-refractivity contribution >= 4 is 22.1 Å². The summed E-state index contributed by atoms with van der Waals surface area (Å²) in [6, 6.07) is 5.34. The number of aliphatic imine (C=N–C) groups is 1. The van der Waals surface area contributed by atoms with Crippen LogP contribution in [-0.4, -0.2) is 54.6 Å². The number of phenolic OH excluding ortho intramolecular Hbond substituents is 1. The third-order valence-electron chi connectivity index (χ3n) is 3.57. The molecule has 0 atom stereocenters. The number of aromatic hydroxyl groups is 1. The molecule has 0 aromatic heterocycles. The predicted octanol–water partition coefficient (Wildman–Crippen LogP) is 2.68. The number of benzene rings is 1.